The fourth-order valence-corrected chi connectivity index (χ4v) is 2.22. The summed E-state index contributed by atoms with van der Waals surface area (Å²) in [5.41, 5.74) is 0.515. The van der Waals surface area contributed by atoms with Crippen molar-refractivity contribution in [2.24, 2.45) is 0 Å². The molecule has 2 rings (SSSR count). The molecule has 0 spiro atoms. The van der Waals surface area contributed by atoms with Gasteiger partial charge in [0.05, 0.1) is 18.7 Å². The molecule has 1 heterocycles. The highest BCUT2D eigenvalue weighted by Crippen LogP contribution is 2.30. The molecule has 0 unspecified atom stereocenters. The van der Waals surface area contributed by atoms with Crippen LogP contribution in [0.2, 0.25) is 0 Å². The van der Waals surface area contributed by atoms with E-state index >= 15 is 0 Å². The van der Waals surface area contributed by atoms with Gasteiger partial charge in [-0.3, -0.25) is 0 Å². The lowest BCUT2D eigenvalue weighted by Gasteiger charge is -2.25. The van der Waals surface area contributed by atoms with Crippen LogP contribution in [-0.4, -0.2) is 39.0 Å². The van der Waals surface area contributed by atoms with Gasteiger partial charge >= 0.3 is 6.18 Å². The second-order valence-electron chi connectivity index (χ2n) is 4.92. The third-order valence-corrected chi connectivity index (χ3v) is 3.24. The minimum absolute atomic E-state index is 0.294. The molecule has 7 heteroatoms. The lowest BCUT2D eigenvalue weighted by atomic mass is 10.2. The van der Waals surface area contributed by atoms with Gasteiger partial charge in [0.25, 0.3) is 0 Å². The van der Waals surface area contributed by atoms with Gasteiger partial charge in [0, 0.05) is 25.7 Å². The second-order valence-corrected chi connectivity index (χ2v) is 4.92. The quantitative estimate of drug-likeness (QED) is 0.866. The standard InChI is InChI=1S/C14H18F4N2O/c15-11-2-3-13(21-9-4-14(16,17)18)12(10-11)20-7-1-5-19-6-8-20/h2-3,10,19H,1,4-9H2. The van der Waals surface area contributed by atoms with Crippen LogP contribution < -0.4 is 15.0 Å². The first-order valence-corrected chi connectivity index (χ1v) is 6.90. The summed E-state index contributed by atoms with van der Waals surface area (Å²) >= 11 is 0. The highest BCUT2D eigenvalue weighted by molar-refractivity contribution is 5.58. The average molecular weight is 306 g/mol. The van der Waals surface area contributed by atoms with Gasteiger partial charge in [-0.2, -0.15) is 13.2 Å². The first-order valence-electron chi connectivity index (χ1n) is 6.90. The van der Waals surface area contributed by atoms with Crippen molar-refractivity contribution in [3.8, 4) is 5.75 Å². The van der Waals surface area contributed by atoms with E-state index in [4.69, 9.17) is 4.74 Å². The highest BCUT2D eigenvalue weighted by Gasteiger charge is 2.27. The van der Waals surface area contributed by atoms with Crippen molar-refractivity contribution in [1.82, 2.24) is 5.32 Å². The van der Waals surface area contributed by atoms with E-state index < -0.39 is 25.0 Å². The topological polar surface area (TPSA) is 24.5 Å². The van der Waals surface area contributed by atoms with Crippen LogP contribution in [0.5, 0.6) is 5.75 Å². The molecule has 3 nitrogen and oxygen atoms in total. The van der Waals surface area contributed by atoms with E-state index in [1.807, 2.05) is 4.90 Å². The van der Waals surface area contributed by atoms with E-state index in [1.54, 1.807) is 0 Å². The molecule has 0 aliphatic carbocycles. The Morgan fingerprint density at radius 3 is 2.76 bits per heavy atom. The summed E-state index contributed by atoms with van der Waals surface area (Å²) in [7, 11) is 0. The van der Waals surface area contributed by atoms with Crippen LogP contribution in [0.3, 0.4) is 0 Å². The Morgan fingerprint density at radius 1 is 1.19 bits per heavy atom. The predicted molar refractivity (Wildman–Crippen MR) is 72.3 cm³/mol. The van der Waals surface area contributed by atoms with Crippen molar-refractivity contribution < 1.29 is 22.3 Å². The maximum Gasteiger partial charge on any atom is 0.392 e. The third-order valence-electron chi connectivity index (χ3n) is 3.24. The number of halogens is 4. The minimum Gasteiger partial charge on any atom is -0.491 e. The number of hydrogen-bond acceptors (Lipinski definition) is 3. The maximum atomic E-state index is 13.4. The monoisotopic (exact) mass is 306 g/mol. The molecule has 1 aliphatic rings. The fourth-order valence-electron chi connectivity index (χ4n) is 2.22. The number of benzene rings is 1. The zero-order chi connectivity index (χ0) is 15.3. The average Bonchev–Trinajstić information content (AvgIpc) is 2.68. The molecule has 1 aliphatic heterocycles. The summed E-state index contributed by atoms with van der Waals surface area (Å²) < 4.78 is 55.2. The van der Waals surface area contributed by atoms with Crippen molar-refractivity contribution in [2.75, 3.05) is 37.7 Å². The first-order chi connectivity index (χ1) is 9.96. The second kappa shape index (κ2) is 6.98. The summed E-state index contributed by atoms with van der Waals surface area (Å²) in [6, 6.07) is 3.90. The largest absolute Gasteiger partial charge is 0.491 e. The molecule has 1 N–H and O–H groups in total. The molecule has 0 radical (unpaired) electrons. The summed E-state index contributed by atoms with van der Waals surface area (Å²) in [6.07, 6.45) is -4.39. The van der Waals surface area contributed by atoms with Crippen LogP contribution in [0, 0.1) is 5.82 Å². The summed E-state index contributed by atoms with van der Waals surface area (Å²) in [5, 5.41) is 3.22. The maximum absolute atomic E-state index is 13.4. The molecule has 1 aromatic rings. The van der Waals surface area contributed by atoms with E-state index in [0.29, 0.717) is 24.5 Å². The molecule has 118 valence electrons. The SMILES string of the molecule is Fc1ccc(OCCC(F)(F)F)c(N2CCCNCC2)c1. The Labute approximate surface area is 120 Å². The number of ether oxygens (including phenoxy) is 1. The molecular formula is C14H18F4N2O. The van der Waals surface area contributed by atoms with Crippen molar-refractivity contribution in [3.63, 3.8) is 0 Å². The zero-order valence-electron chi connectivity index (χ0n) is 11.5. The number of hydrogen-bond donors (Lipinski definition) is 1. The molecule has 0 bridgehead atoms. The Morgan fingerprint density at radius 2 is 2.00 bits per heavy atom. The summed E-state index contributed by atoms with van der Waals surface area (Å²) in [5.74, 6) is -0.132. The molecule has 0 amide bonds. The van der Waals surface area contributed by atoms with Crippen molar-refractivity contribution in [3.05, 3.63) is 24.0 Å². The first kappa shape index (κ1) is 15.9. The molecule has 1 fully saturated rings. The van der Waals surface area contributed by atoms with Crippen molar-refractivity contribution >= 4 is 5.69 Å². The van der Waals surface area contributed by atoms with Crippen LogP contribution >= 0.6 is 0 Å². The van der Waals surface area contributed by atoms with Gasteiger partial charge in [-0.25, -0.2) is 4.39 Å². The molecule has 0 saturated carbocycles. The predicted octanol–water partition coefficient (Wildman–Crippen LogP) is 2.96. The van der Waals surface area contributed by atoms with E-state index in [2.05, 4.69) is 5.32 Å². The van der Waals surface area contributed by atoms with Gasteiger partial charge in [0.1, 0.15) is 11.6 Å². The number of nitrogens with zero attached hydrogens (tertiary/aromatic N) is 1. The number of alkyl halides is 3. The number of rotatable bonds is 4. The molecule has 1 saturated heterocycles. The molecular weight excluding hydrogens is 288 g/mol. The Hall–Kier alpha value is -1.50. The lowest BCUT2D eigenvalue weighted by molar-refractivity contribution is -0.139. The van der Waals surface area contributed by atoms with E-state index in [-0.39, 0.29) is 0 Å². The Bertz CT molecular complexity index is 457. The van der Waals surface area contributed by atoms with Gasteiger partial charge in [-0.15, -0.1) is 0 Å². The smallest absolute Gasteiger partial charge is 0.392 e. The minimum atomic E-state index is -4.26. The summed E-state index contributed by atoms with van der Waals surface area (Å²) in [4.78, 5) is 1.94. The van der Waals surface area contributed by atoms with Crippen LogP contribution in [0.4, 0.5) is 23.2 Å². The Kier molecular flexibility index (Phi) is 5.27. The highest BCUT2D eigenvalue weighted by atomic mass is 19.4. The van der Waals surface area contributed by atoms with Crippen LogP contribution in [0.25, 0.3) is 0 Å². The third kappa shape index (κ3) is 5.08. The van der Waals surface area contributed by atoms with Crippen LogP contribution in [0.1, 0.15) is 12.8 Å². The van der Waals surface area contributed by atoms with Crippen molar-refractivity contribution in [2.45, 2.75) is 19.0 Å². The van der Waals surface area contributed by atoms with Crippen LogP contribution in [-0.2, 0) is 0 Å². The van der Waals surface area contributed by atoms with Gasteiger partial charge in [0.15, 0.2) is 0 Å². The number of nitrogens with one attached hydrogen (secondary N) is 1. The van der Waals surface area contributed by atoms with Crippen molar-refractivity contribution in [1.29, 1.82) is 0 Å². The fraction of sp³-hybridized carbons (Fsp3) is 0.571. The Balaban J connectivity index is 2.09. The van der Waals surface area contributed by atoms with E-state index in [1.165, 1.54) is 18.2 Å². The number of anilines is 1. The van der Waals surface area contributed by atoms with Gasteiger partial charge < -0.3 is 15.0 Å². The van der Waals surface area contributed by atoms with E-state index in [0.717, 1.165) is 19.5 Å². The molecule has 0 atom stereocenters. The van der Waals surface area contributed by atoms with Gasteiger partial charge in [-0.05, 0) is 25.1 Å². The van der Waals surface area contributed by atoms with Gasteiger partial charge in [-0.1, -0.05) is 0 Å². The molecule has 0 aromatic heterocycles. The zero-order valence-corrected chi connectivity index (χ0v) is 11.5. The van der Waals surface area contributed by atoms with Gasteiger partial charge in [0.2, 0.25) is 0 Å². The lowest BCUT2D eigenvalue weighted by Crippen LogP contribution is -2.28. The normalized spacial score (nSPS) is 16.7. The van der Waals surface area contributed by atoms with E-state index in [9.17, 15) is 17.6 Å². The molecule has 1 aromatic carbocycles. The molecule has 21 heavy (non-hydrogen) atoms. The van der Waals surface area contributed by atoms with Crippen LogP contribution in [0.15, 0.2) is 18.2 Å². The summed E-state index contributed by atoms with van der Waals surface area (Å²) in [6.45, 7) is 2.54.